The fourth-order valence-corrected chi connectivity index (χ4v) is 2.45. The van der Waals surface area contributed by atoms with Crippen LogP contribution in [0.4, 0.5) is 10.1 Å². The molecule has 1 atom stereocenters. The predicted octanol–water partition coefficient (Wildman–Crippen LogP) is 3.41. The molecule has 120 valence electrons. The van der Waals surface area contributed by atoms with Gasteiger partial charge in [0.2, 0.25) is 5.91 Å². The largest absolute Gasteiger partial charge is 0.486 e. The zero-order chi connectivity index (χ0) is 16.2. The Labute approximate surface area is 134 Å². The van der Waals surface area contributed by atoms with E-state index in [1.54, 1.807) is 30.3 Å². The molecule has 3 rings (SSSR count). The molecule has 4 nitrogen and oxygen atoms in total. The molecule has 0 saturated heterocycles. The summed E-state index contributed by atoms with van der Waals surface area (Å²) in [6.45, 7) is 2.88. The first-order chi connectivity index (χ1) is 11.1. The quantitative estimate of drug-likeness (QED) is 0.940. The molecule has 0 radical (unpaired) electrons. The highest BCUT2D eigenvalue weighted by atomic mass is 19.1. The van der Waals surface area contributed by atoms with Crippen LogP contribution in [-0.2, 0) is 11.2 Å². The Morgan fingerprint density at radius 1 is 1.13 bits per heavy atom. The summed E-state index contributed by atoms with van der Waals surface area (Å²) >= 11 is 0. The minimum Gasteiger partial charge on any atom is -0.486 e. The van der Waals surface area contributed by atoms with Crippen molar-refractivity contribution in [2.75, 3.05) is 18.5 Å². The number of amides is 1. The monoisotopic (exact) mass is 315 g/mol. The molecule has 0 aromatic heterocycles. The van der Waals surface area contributed by atoms with E-state index in [0.717, 1.165) is 5.56 Å². The van der Waals surface area contributed by atoms with Crippen LogP contribution in [0.2, 0.25) is 0 Å². The first-order valence-electron chi connectivity index (χ1n) is 7.57. The van der Waals surface area contributed by atoms with Gasteiger partial charge in [0.05, 0.1) is 0 Å². The van der Waals surface area contributed by atoms with E-state index in [1.165, 1.54) is 12.1 Å². The predicted molar refractivity (Wildman–Crippen MR) is 85.3 cm³/mol. The van der Waals surface area contributed by atoms with E-state index < -0.39 is 0 Å². The number of hydrogen-bond donors (Lipinski definition) is 1. The number of fused-ring (bicyclic) bond motifs is 1. The number of carbonyl (C=O) groups excluding carboxylic acids is 1. The van der Waals surface area contributed by atoms with Crippen molar-refractivity contribution in [2.45, 2.75) is 13.3 Å². The van der Waals surface area contributed by atoms with Crippen molar-refractivity contribution in [1.29, 1.82) is 0 Å². The van der Waals surface area contributed by atoms with Gasteiger partial charge in [0, 0.05) is 17.7 Å². The number of hydrogen-bond acceptors (Lipinski definition) is 3. The molecule has 1 N–H and O–H groups in total. The topological polar surface area (TPSA) is 47.6 Å². The highest BCUT2D eigenvalue weighted by molar-refractivity contribution is 5.92. The average Bonchev–Trinajstić information content (AvgIpc) is 2.56. The third kappa shape index (κ3) is 3.80. The Hall–Kier alpha value is -2.56. The summed E-state index contributed by atoms with van der Waals surface area (Å²) in [5.74, 6) is 0.732. The Morgan fingerprint density at radius 2 is 1.83 bits per heavy atom. The van der Waals surface area contributed by atoms with Crippen LogP contribution in [0, 0.1) is 11.7 Å². The summed E-state index contributed by atoms with van der Waals surface area (Å²) < 4.78 is 23.9. The highest BCUT2D eigenvalue weighted by Crippen LogP contribution is 2.32. The molecule has 0 aliphatic carbocycles. The zero-order valence-corrected chi connectivity index (χ0v) is 12.8. The molecule has 0 fully saturated rings. The number of rotatable bonds is 4. The zero-order valence-electron chi connectivity index (χ0n) is 12.8. The number of halogens is 1. The van der Waals surface area contributed by atoms with E-state index in [0.29, 0.717) is 36.8 Å². The molecule has 1 heterocycles. The van der Waals surface area contributed by atoms with E-state index in [4.69, 9.17) is 9.47 Å². The molecule has 1 aliphatic rings. The molecule has 23 heavy (non-hydrogen) atoms. The summed E-state index contributed by atoms with van der Waals surface area (Å²) in [5.41, 5.74) is 1.60. The molecule has 2 aromatic carbocycles. The van der Waals surface area contributed by atoms with Gasteiger partial charge in [0.1, 0.15) is 19.0 Å². The van der Waals surface area contributed by atoms with Gasteiger partial charge in [-0.2, -0.15) is 0 Å². The van der Waals surface area contributed by atoms with E-state index in [2.05, 4.69) is 5.32 Å². The van der Waals surface area contributed by atoms with Gasteiger partial charge in [0.25, 0.3) is 0 Å². The molecule has 1 amide bonds. The molecule has 1 unspecified atom stereocenters. The van der Waals surface area contributed by atoms with Gasteiger partial charge in [-0.1, -0.05) is 19.1 Å². The number of ether oxygens (including phenoxy) is 2. The SMILES string of the molecule is CC(Cc1ccc(F)cc1)C(=O)Nc1ccc2c(c1)OCCO2. The van der Waals surface area contributed by atoms with Gasteiger partial charge in [-0.25, -0.2) is 4.39 Å². The van der Waals surface area contributed by atoms with Crippen LogP contribution >= 0.6 is 0 Å². The van der Waals surface area contributed by atoms with Crippen molar-refractivity contribution in [3.8, 4) is 11.5 Å². The molecule has 1 aliphatic heterocycles. The van der Waals surface area contributed by atoms with Gasteiger partial charge in [0.15, 0.2) is 11.5 Å². The minimum absolute atomic E-state index is 0.0917. The van der Waals surface area contributed by atoms with Crippen LogP contribution in [0.3, 0.4) is 0 Å². The summed E-state index contributed by atoms with van der Waals surface area (Å²) in [5, 5.41) is 2.87. The minimum atomic E-state index is -0.276. The number of benzene rings is 2. The molecule has 2 aromatic rings. The molecule has 0 saturated carbocycles. The van der Waals surface area contributed by atoms with E-state index in [-0.39, 0.29) is 17.6 Å². The summed E-state index contributed by atoms with van der Waals surface area (Å²) in [6, 6.07) is 11.5. The van der Waals surface area contributed by atoms with Gasteiger partial charge in [-0.05, 0) is 36.2 Å². The fraction of sp³-hybridized carbons (Fsp3) is 0.278. The second-order valence-corrected chi connectivity index (χ2v) is 5.58. The van der Waals surface area contributed by atoms with Crippen LogP contribution in [0.15, 0.2) is 42.5 Å². The summed E-state index contributed by atoms with van der Waals surface area (Å²) in [6.07, 6.45) is 0.552. The molecule has 0 spiro atoms. The van der Waals surface area contributed by atoms with E-state index in [9.17, 15) is 9.18 Å². The molecular weight excluding hydrogens is 297 g/mol. The first kappa shape index (κ1) is 15.3. The van der Waals surface area contributed by atoms with Crippen molar-refractivity contribution >= 4 is 11.6 Å². The Balaban J connectivity index is 1.63. The maximum absolute atomic E-state index is 12.9. The third-order valence-electron chi connectivity index (χ3n) is 3.71. The standard InChI is InChI=1S/C18H18FNO3/c1-12(10-13-2-4-14(19)5-3-13)18(21)20-15-6-7-16-17(11-15)23-9-8-22-16/h2-7,11-12H,8-10H2,1H3,(H,20,21). The highest BCUT2D eigenvalue weighted by Gasteiger charge is 2.16. The number of anilines is 1. The van der Waals surface area contributed by atoms with Crippen molar-refractivity contribution < 1.29 is 18.7 Å². The fourth-order valence-electron chi connectivity index (χ4n) is 2.45. The second kappa shape index (κ2) is 6.69. The van der Waals surface area contributed by atoms with Crippen molar-refractivity contribution in [1.82, 2.24) is 0 Å². The van der Waals surface area contributed by atoms with Gasteiger partial charge in [-0.15, -0.1) is 0 Å². The third-order valence-corrected chi connectivity index (χ3v) is 3.71. The maximum Gasteiger partial charge on any atom is 0.227 e. The summed E-state index contributed by atoms with van der Waals surface area (Å²) in [4.78, 5) is 12.3. The van der Waals surface area contributed by atoms with Crippen LogP contribution in [0.25, 0.3) is 0 Å². The van der Waals surface area contributed by atoms with Crippen LogP contribution < -0.4 is 14.8 Å². The van der Waals surface area contributed by atoms with Crippen molar-refractivity contribution in [3.63, 3.8) is 0 Å². The average molecular weight is 315 g/mol. The smallest absolute Gasteiger partial charge is 0.227 e. The first-order valence-corrected chi connectivity index (χ1v) is 7.57. The lowest BCUT2D eigenvalue weighted by Gasteiger charge is -2.19. The van der Waals surface area contributed by atoms with Gasteiger partial charge in [-0.3, -0.25) is 4.79 Å². The molecule has 5 heteroatoms. The number of nitrogens with one attached hydrogen (secondary N) is 1. The van der Waals surface area contributed by atoms with Gasteiger partial charge >= 0.3 is 0 Å². The lowest BCUT2D eigenvalue weighted by molar-refractivity contribution is -0.119. The van der Waals surface area contributed by atoms with Gasteiger partial charge < -0.3 is 14.8 Å². The normalized spacial score (nSPS) is 14.2. The van der Waals surface area contributed by atoms with E-state index in [1.807, 2.05) is 6.92 Å². The lowest BCUT2D eigenvalue weighted by Crippen LogP contribution is -2.22. The second-order valence-electron chi connectivity index (χ2n) is 5.58. The molecular formula is C18H18FNO3. The Kier molecular flexibility index (Phi) is 4.46. The number of carbonyl (C=O) groups is 1. The van der Waals surface area contributed by atoms with Crippen molar-refractivity contribution in [2.24, 2.45) is 5.92 Å². The molecule has 0 bridgehead atoms. The Morgan fingerprint density at radius 3 is 2.57 bits per heavy atom. The summed E-state index contributed by atoms with van der Waals surface area (Å²) in [7, 11) is 0. The lowest BCUT2D eigenvalue weighted by atomic mass is 10.0. The Bertz CT molecular complexity index is 700. The van der Waals surface area contributed by atoms with Crippen molar-refractivity contribution in [3.05, 3.63) is 53.8 Å². The van der Waals surface area contributed by atoms with Crippen LogP contribution in [0.1, 0.15) is 12.5 Å². The van der Waals surface area contributed by atoms with Crippen LogP contribution in [0.5, 0.6) is 11.5 Å². The maximum atomic E-state index is 12.9. The van der Waals surface area contributed by atoms with E-state index >= 15 is 0 Å². The van der Waals surface area contributed by atoms with Crippen LogP contribution in [-0.4, -0.2) is 19.1 Å².